The van der Waals surface area contributed by atoms with E-state index in [1.807, 2.05) is 0 Å². The van der Waals surface area contributed by atoms with Crippen LogP contribution in [0.15, 0.2) is 36.7 Å². The largest absolute Gasteiger partial charge is 0.478 e. The zero-order valence-corrected chi connectivity index (χ0v) is 9.28. The first-order valence-electron chi connectivity index (χ1n) is 4.73. The molecule has 0 aliphatic heterocycles. The summed E-state index contributed by atoms with van der Waals surface area (Å²) >= 11 is 5.76. The molecule has 0 saturated heterocycles. The van der Waals surface area contributed by atoms with E-state index in [0.29, 0.717) is 0 Å². The van der Waals surface area contributed by atoms with E-state index in [1.165, 1.54) is 30.6 Å². The van der Waals surface area contributed by atoms with Gasteiger partial charge in [0.25, 0.3) is 0 Å². The number of rotatable bonds is 2. The number of halogens is 2. The molecule has 2 rings (SSSR count). The minimum Gasteiger partial charge on any atom is -0.478 e. The molecule has 1 aromatic heterocycles. The standard InChI is InChI=1S/C12H7ClFNO2/c13-9-6-15-5-8(11(9)12(16)17)7-3-1-2-4-10(7)14/h1-6H,(H,16,17). The number of carboxylic acids is 1. The summed E-state index contributed by atoms with van der Waals surface area (Å²) in [6.07, 6.45) is 2.50. The molecule has 1 N–H and O–H groups in total. The molecular formula is C12H7ClFNO2. The van der Waals surface area contributed by atoms with Gasteiger partial charge in [-0.05, 0) is 6.07 Å². The molecule has 0 spiro atoms. The Morgan fingerprint density at radius 2 is 1.94 bits per heavy atom. The molecule has 0 aliphatic carbocycles. The number of hydrogen-bond acceptors (Lipinski definition) is 2. The minimum atomic E-state index is -1.21. The van der Waals surface area contributed by atoms with Gasteiger partial charge in [0.15, 0.2) is 0 Å². The summed E-state index contributed by atoms with van der Waals surface area (Å²) in [5, 5.41) is 9.05. The predicted octanol–water partition coefficient (Wildman–Crippen LogP) is 3.24. The third kappa shape index (κ3) is 2.12. The SMILES string of the molecule is O=C(O)c1c(Cl)cncc1-c1ccccc1F. The molecule has 5 heteroatoms. The molecule has 0 saturated carbocycles. The lowest BCUT2D eigenvalue weighted by Crippen LogP contribution is -2.02. The van der Waals surface area contributed by atoms with Crippen molar-refractivity contribution in [3.8, 4) is 11.1 Å². The van der Waals surface area contributed by atoms with Gasteiger partial charge in [-0.1, -0.05) is 29.8 Å². The van der Waals surface area contributed by atoms with E-state index in [4.69, 9.17) is 16.7 Å². The van der Waals surface area contributed by atoms with Gasteiger partial charge in [-0.15, -0.1) is 0 Å². The predicted molar refractivity (Wildman–Crippen MR) is 61.6 cm³/mol. The lowest BCUT2D eigenvalue weighted by Gasteiger charge is -2.07. The number of aromatic nitrogens is 1. The Hall–Kier alpha value is -1.94. The second-order valence-electron chi connectivity index (χ2n) is 3.33. The highest BCUT2D eigenvalue weighted by molar-refractivity contribution is 6.34. The Morgan fingerprint density at radius 3 is 2.59 bits per heavy atom. The van der Waals surface area contributed by atoms with Crippen LogP contribution in [0.25, 0.3) is 11.1 Å². The first-order chi connectivity index (χ1) is 8.11. The van der Waals surface area contributed by atoms with Gasteiger partial charge in [-0.2, -0.15) is 0 Å². The number of carbonyl (C=O) groups is 1. The Balaban J connectivity index is 2.72. The molecule has 17 heavy (non-hydrogen) atoms. The zero-order chi connectivity index (χ0) is 12.4. The topological polar surface area (TPSA) is 50.2 Å². The highest BCUT2D eigenvalue weighted by Crippen LogP contribution is 2.29. The third-order valence-corrected chi connectivity index (χ3v) is 2.56. The average molecular weight is 252 g/mol. The maximum atomic E-state index is 13.6. The molecule has 2 aromatic rings. The first kappa shape index (κ1) is 11.5. The van der Waals surface area contributed by atoms with E-state index in [9.17, 15) is 9.18 Å². The van der Waals surface area contributed by atoms with Crippen LogP contribution in [-0.2, 0) is 0 Å². The van der Waals surface area contributed by atoms with Crippen molar-refractivity contribution >= 4 is 17.6 Å². The molecule has 3 nitrogen and oxygen atoms in total. The summed E-state index contributed by atoms with van der Waals surface area (Å²) in [5.74, 6) is -1.73. The molecule has 0 fully saturated rings. The Labute approximate surface area is 101 Å². The van der Waals surface area contributed by atoms with Crippen molar-refractivity contribution < 1.29 is 14.3 Å². The van der Waals surface area contributed by atoms with Crippen LogP contribution in [-0.4, -0.2) is 16.1 Å². The van der Waals surface area contributed by atoms with Gasteiger partial charge in [-0.25, -0.2) is 9.18 Å². The highest BCUT2D eigenvalue weighted by atomic mass is 35.5. The molecule has 0 radical (unpaired) electrons. The van der Waals surface area contributed by atoms with Crippen LogP contribution in [0.1, 0.15) is 10.4 Å². The Bertz CT molecular complexity index is 586. The maximum absolute atomic E-state index is 13.6. The van der Waals surface area contributed by atoms with Crippen molar-refractivity contribution in [1.82, 2.24) is 4.98 Å². The lowest BCUT2D eigenvalue weighted by atomic mass is 10.0. The van der Waals surface area contributed by atoms with Crippen LogP contribution in [0.5, 0.6) is 0 Å². The second-order valence-corrected chi connectivity index (χ2v) is 3.74. The smallest absolute Gasteiger partial charge is 0.337 e. The van der Waals surface area contributed by atoms with Crippen molar-refractivity contribution in [2.24, 2.45) is 0 Å². The summed E-state index contributed by atoms with van der Waals surface area (Å²) < 4.78 is 13.6. The van der Waals surface area contributed by atoms with Gasteiger partial charge in [-0.3, -0.25) is 4.98 Å². The second kappa shape index (κ2) is 4.51. The molecule has 0 atom stereocenters. The minimum absolute atomic E-state index is 0.0155. The van der Waals surface area contributed by atoms with Crippen LogP contribution in [0.2, 0.25) is 5.02 Å². The number of hydrogen-bond donors (Lipinski definition) is 1. The van der Waals surface area contributed by atoms with Crippen LogP contribution in [0, 0.1) is 5.82 Å². The molecule has 1 heterocycles. The molecule has 0 unspecified atom stereocenters. The van der Waals surface area contributed by atoms with Crippen molar-refractivity contribution in [1.29, 1.82) is 0 Å². The van der Waals surface area contributed by atoms with Crippen molar-refractivity contribution in [3.63, 3.8) is 0 Å². The number of nitrogens with zero attached hydrogens (tertiary/aromatic N) is 1. The maximum Gasteiger partial charge on any atom is 0.337 e. The molecule has 0 aliphatic rings. The van der Waals surface area contributed by atoms with Gasteiger partial charge in [0.2, 0.25) is 0 Å². The molecule has 0 amide bonds. The highest BCUT2D eigenvalue weighted by Gasteiger charge is 2.18. The van der Waals surface area contributed by atoms with E-state index < -0.39 is 11.8 Å². The molecule has 86 valence electrons. The van der Waals surface area contributed by atoms with E-state index in [1.54, 1.807) is 6.07 Å². The lowest BCUT2D eigenvalue weighted by molar-refractivity contribution is 0.0698. The van der Waals surface area contributed by atoms with Crippen molar-refractivity contribution in [2.75, 3.05) is 0 Å². The van der Waals surface area contributed by atoms with Crippen LogP contribution in [0.3, 0.4) is 0 Å². The third-order valence-electron chi connectivity index (χ3n) is 2.28. The van der Waals surface area contributed by atoms with E-state index in [-0.39, 0.29) is 21.7 Å². The van der Waals surface area contributed by atoms with E-state index >= 15 is 0 Å². The van der Waals surface area contributed by atoms with Crippen LogP contribution in [0.4, 0.5) is 4.39 Å². The summed E-state index contributed by atoms with van der Waals surface area (Å²) in [4.78, 5) is 14.9. The number of carboxylic acid groups (broad SMARTS) is 1. The molecule has 1 aromatic carbocycles. The monoisotopic (exact) mass is 251 g/mol. The fraction of sp³-hybridized carbons (Fsp3) is 0. The van der Waals surface area contributed by atoms with E-state index in [2.05, 4.69) is 4.98 Å². The number of aromatic carboxylic acids is 1. The van der Waals surface area contributed by atoms with Gasteiger partial charge in [0.1, 0.15) is 5.82 Å². The quantitative estimate of drug-likeness (QED) is 0.891. The van der Waals surface area contributed by atoms with Crippen molar-refractivity contribution in [2.45, 2.75) is 0 Å². The zero-order valence-electron chi connectivity index (χ0n) is 8.52. The summed E-state index contributed by atoms with van der Waals surface area (Å²) in [6.45, 7) is 0. The summed E-state index contributed by atoms with van der Waals surface area (Å²) in [5.41, 5.74) is 0.190. The van der Waals surface area contributed by atoms with Gasteiger partial charge < -0.3 is 5.11 Å². The molecule has 0 bridgehead atoms. The Kier molecular flexibility index (Phi) is 3.06. The average Bonchev–Trinajstić information content (AvgIpc) is 2.28. The normalized spacial score (nSPS) is 10.2. The van der Waals surface area contributed by atoms with Crippen LogP contribution < -0.4 is 0 Å². The van der Waals surface area contributed by atoms with Gasteiger partial charge >= 0.3 is 5.97 Å². The Morgan fingerprint density at radius 1 is 1.24 bits per heavy atom. The van der Waals surface area contributed by atoms with Crippen LogP contribution >= 0.6 is 11.6 Å². The fourth-order valence-corrected chi connectivity index (χ4v) is 1.78. The van der Waals surface area contributed by atoms with Gasteiger partial charge in [0, 0.05) is 23.5 Å². The number of pyridine rings is 1. The van der Waals surface area contributed by atoms with E-state index in [0.717, 1.165) is 0 Å². The summed E-state index contributed by atoms with van der Waals surface area (Å²) in [6, 6.07) is 5.87. The summed E-state index contributed by atoms with van der Waals surface area (Å²) in [7, 11) is 0. The first-order valence-corrected chi connectivity index (χ1v) is 5.10. The van der Waals surface area contributed by atoms with Gasteiger partial charge in [0.05, 0.1) is 10.6 Å². The fourth-order valence-electron chi connectivity index (χ4n) is 1.54. The number of benzene rings is 1. The van der Waals surface area contributed by atoms with Crippen molar-refractivity contribution in [3.05, 3.63) is 53.1 Å². The molecular weight excluding hydrogens is 245 g/mol.